The van der Waals surface area contributed by atoms with Crippen LogP contribution in [0.15, 0.2) is 22.4 Å². The number of ether oxygens (including phenoxy) is 2. The average Bonchev–Trinajstić information content (AvgIpc) is 2.99. The smallest absolute Gasteiger partial charge is 0.336 e. The number of hydrogen-bond acceptors (Lipinski definition) is 6. The standard InChI is InChI=1S/C14H19NO4S/c1-3-7-19-14(17)11-5-6-15-10(9-20-13(11)15)8-12(16)18-4-2/h8H,3-7,9H2,1-2H3. The van der Waals surface area contributed by atoms with Crippen LogP contribution in [0.5, 0.6) is 0 Å². The Morgan fingerprint density at radius 3 is 2.85 bits per heavy atom. The fraction of sp³-hybridized carbons (Fsp3) is 0.571. The molecular formula is C14H19NO4S. The first-order valence-electron chi connectivity index (χ1n) is 6.85. The van der Waals surface area contributed by atoms with E-state index in [0.717, 1.165) is 29.3 Å². The van der Waals surface area contributed by atoms with Crippen LogP contribution in [0.3, 0.4) is 0 Å². The lowest BCUT2D eigenvalue weighted by molar-refractivity contribution is -0.139. The third-order valence-corrected chi connectivity index (χ3v) is 4.23. The van der Waals surface area contributed by atoms with E-state index in [9.17, 15) is 9.59 Å². The summed E-state index contributed by atoms with van der Waals surface area (Å²) in [5.41, 5.74) is 1.64. The van der Waals surface area contributed by atoms with Crippen molar-refractivity contribution >= 4 is 23.7 Å². The lowest BCUT2D eigenvalue weighted by Crippen LogP contribution is -2.15. The van der Waals surface area contributed by atoms with Gasteiger partial charge in [-0.2, -0.15) is 0 Å². The Bertz CT molecular complexity index is 470. The molecule has 2 heterocycles. The largest absolute Gasteiger partial charge is 0.463 e. The van der Waals surface area contributed by atoms with Crippen LogP contribution in [0.2, 0.25) is 0 Å². The molecule has 0 radical (unpaired) electrons. The van der Waals surface area contributed by atoms with Gasteiger partial charge in [-0.15, -0.1) is 11.8 Å². The van der Waals surface area contributed by atoms with Crippen molar-refractivity contribution in [1.82, 2.24) is 4.90 Å². The van der Waals surface area contributed by atoms with Gasteiger partial charge in [-0.05, 0) is 13.3 Å². The molecule has 0 aromatic carbocycles. The molecule has 2 aliphatic rings. The van der Waals surface area contributed by atoms with Crippen molar-refractivity contribution in [3.05, 3.63) is 22.4 Å². The summed E-state index contributed by atoms with van der Waals surface area (Å²) in [6.07, 6.45) is 3.01. The monoisotopic (exact) mass is 297 g/mol. The Balaban J connectivity index is 2.08. The highest BCUT2D eigenvalue weighted by Crippen LogP contribution is 2.42. The molecule has 0 aromatic rings. The minimum atomic E-state index is -0.327. The second kappa shape index (κ2) is 6.83. The molecule has 0 saturated carbocycles. The Hall–Kier alpha value is -1.43. The fourth-order valence-electron chi connectivity index (χ4n) is 2.17. The van der Waals surface area contributed by atoms with Gasteiger partial charge in [0.2, 0.25) is 0 Å². The Morgan fingerprint density at radius 2 is 2.15 bits per heavy atom. The van der Waals surface area contributed by atoms with Gasteiger partial charge in [-0.1, -0.05) is 6.92 Å². The zero-order valence-electron chi connectivity index (χ0n) is 11.8. The summed E-state index contributed by atoms with van der Waals surface area (Å²) in [5.74, 6) is 0.138. The normalized spacial score (nSPS) is 19.5. The molecule has 0 unspecified atom stereocenters. The zero-order valence-corrected chi connectivity index (χ0v) is 12.6. The van der Waals surface area contributed by atoms with Gasteiger partial charge in [0.05, 0.1) is 23.8 Å². The van der Waals surface area contributed by atoms with Crippen LogP contribution in [0.4, 0.5) is 0 Å². The van der Waals surface area contributed by atoms with Gasteiger partial charge in [0.25, 0.3) is 0 Å². The molecule has 0 N–H and O–H groups in total. The zero-order chi connectivity index (χ0) is 14.5. The van der Waals surface area contributed by atoms with Gasteiger partial charge < -0.3 is 14.4 Å². The summed E-state index contributed by atoms with van der Waals surface area (Å²) >= 11 is 1.58. The first-order chi connectivity index (χ1) is 9.67. The molecule has 0 aliphatic carbocycles. The molecule has 20 heavy (non-hydrogen) atoms. The van der Waals surface area contributed by atoms with Crippen molar-refractivity contribution in [2.45, 2.75) is 26.7 Å². The summed E-state index contributed by atoms with van der Waals surface area (Å²) in [4.78, 5) is 25.5. The maximum absolute atomic E-state index is 11.9. The van der Waals surface area contributed by atoms with Crippen LogP contribution in [-0.4, -0.2) is 42.3 Å². The number of esters is 2. The molecule has 1 fully saturated rings. The molecule has 6 heteroatoms. The molecule has 0 aromatic heterocycles. The molecule has 0 bridgehead atoms. The Morgan fingerprint density at radius 1 is 1.35 bits per heavy atom. The average molecular weight is 297 g/mol. The van der Waals surface area contributed by atoms with Crippen molar-refractivity contribution in [2.75, 3.05) is 25.5 Å². The molecule has 0 amide bonds. The van der Waals surface area contributed by atoms with Crippen LogP contribution in [-0.2, 0) is 19.1 Å². The quantitative estimate of drug-likeness (QED) is 0.572. The third kappa shape index (κ3) is 3.17. The summed E-state index contributed by atoms with van der Waals surface area (Å²) < 4.78 is 10.1. The summed E-state index contributed by atoms with van der Waals surface area (Å²) in [6.45, 7) is 5.29. The molecule has 2 aliphatic heterocycles. The first-order valence-corrected chi connectivity index (χ1v) is 7.83. The number of rotatable bonds is 5. The van der Waals surface area contributed by atoms with Gasteiger partial charge >= 0.3 is 11.9 Å². The molecule has 2 rings (SSSR count). The Labute approximate surface area is 123 Å². The highest BCUT2D eigenvalue weighted by atomic mass is 32.2. The maximum Gasteiger partial charge on any atom is 0.336 e. The van der Waals surface area contributed by atoms with Gasteiger partial charge in [-0.25, -0.2) is 9.59 Å². The topological polar surface area (TPSA) is 55.8 Å². The molecular weight excluding hydrogens is 278 g/mol. The van der Waals surface area contributed by atoms with E-state index < -0.39 is 0 Å². The Kier molecular flexibility index (Phi) is 5.11. The van der Waals surface area contributed by atoms with Gasteiger partial charge in [0.1, 0.15) is 0 Å². The van der Waals surface area contributed by atoms with Crippen molar-refractivity contribution < 1.29 is 19.1 Å². The second-order valence-corrected chi connectivity index (χ2v) is 5.46. The summed E-state index contributed by atoms with van der Waals surface area (Å²) in [6, 6.07) is 0. The highest BCUT2D eigenvalue weighted by molar-refractivity contribution is 8.03. The van der Waals surface area contributed by atoms with Crippen LogP contribution in [0.1, 0.15) is 26.7 Å². The van der Waals surface area contributed by atoms with Crippen LogP contribution >= 0.6 is 11.8 Å². The van der Waals surface area contributed by atoms with Gasteiger partial charge in [-0.3, -0.25) is 0 Å². The molecule has 1 saturated heterocycles. The number of carbonyl (C=O) groups excluding carboxylic acids is 2. The molecule has 0 spiro atoms. The number of carbonyl (C=O) groups is 2. The SMILES string of the molecule is CCCOC(=O)C1=C2SCC(=CC(=O)OCC)N2CC1. The van der Waals surface area contributed by atoms with E-state index in [0.29, 0.717) is 25.4 Å². The van der Waals surface area contributed by atoms with E-state index in [2.05, 4.69) is 0 Å². The number of hydrogen-bond donors (Lipinski definition) is 0. The second-order valence-electron chi connectivity index (χ2n) is 4.50. The fourth-order valence-corrected chi connectivity index (χ4v) is 3.41. The minimum absolute atomic E-state index is 0.228. The number of thioether (sulfide) groups is 1. The van der Waals surface area contributed by atoms with Crippen molar-refractivity contribution in [3.63, 3.8) is 0 Å². The lowest BCUT2D eigenvalue weighted by Gasteiger charge is -2.14. The van der Waals surface area contributed by atoms with Crippen LogP contribution in [0.25, 0.3) is 0 Å². The predicted molar refractivity (Wildman–Crippen MR) is 76.8 cm³/mol. The third-order valence-electron chi connectivity index (χ3n) is 3.05. The van der Waals surface area contributed by atoms with E-state index in [4.69, 9.17) is 9.47 Å². The van der Waals surface area contributed by atoms with Gasteiger partial charge in [0.15, 0.2) is 0 Å². The lowest BCUT2D eigenvalue weighted by atomic mass is 10.2. The maximum atomic E-state index is 11.9. The van der Waals surface area contributed by atoms with Crippen LogP contribution < -0.4 is 0 Å². The van der Waals surface area contributed by atoms with Gasteiger partial charge in [0, 0.05) is 30.5 Å². The van der Waals surface area contributed by atoms with Crippen molar-refractivity contribution in [1.29, 1.82) is 0 Å². The number of fused-ring (bicyclic) bond motifs is 1. The summed E-state index contributed by atoms with van der Waals surface area (Å²) in [7, 11) is 0. The van der Waals surface area contributed by atoms with E-state index in [1.165, 1.54) is 6.08 Å². The van der Waals surface area contributed by atoms with E-state index in [1.807, 2.05) is 11.8 Å². The van der Waals surface area contributed by atoms with Crippen molar-refractivity contribution in [3.8, 4) is 0 Å². The molecule has 0 atom stereocenters. The van der Waals surface area contributed by atoms with E-state index in [-0.39, 0.29) is 11.9 Å². The minimum Gasteiger partial charge on any atom is -0.463 e. The van der Waals surface area contributed by atoms with Crippen molar-refractivity contribution in [2.24, 2.45) is 0 Å². The number of nitrogens with zero attached hydrogens (tertiary/aromatic N) is 1. The first kappa shape index (κ1) is 15.0. The summed E-state index contributed by atoms with van der Waals surface area (Å²) in [5, 5.41) is 0.932. The van der Waals surface area contributed by atoms with E-state index in [1.54, 1.807) is 18.7 Å². The highest BCUT2D eigenvalue weighted by Gasteiger charge is 2.35. The van der Waals surface area contributed by atoms with E-state index >= 15 is 0 Å². The van der Waals surface area contributed by atoms with Crippen LogP contribution in [0, 0.1) is 0 Å². The molecule has 5 nitrogen and oxygen atoms in total. The molecule has 110 valence electrons. The predicted octanol–water partition coefficient (Wildman–Crippen LogP) is 2.05.